The number of aliphatic hydroxyl groups is 1. The molecule has 6 heteroatoms. The van der Waals surface area contributed by atoms with Crippen LogP contribution >= 0.6 is 11.8 Å². The highest BCUT2D eigenvalue weighted by atomic mass is 32.2. The average Bonchev–Trinajstić information content (AvgIpc) is 3.31. The van der Waals surface area contributed by atoms with Gasteiger partial charge >= 0.3 is 6.03 Å². The maximum absolute atomic E-state index is 13.0. The van der Waals surface area contributed by atoms with Crippen molar-refractivity contribution < 1.29 is 14.3 Å². The molecule has 2 unspecified atom stereocenters. The van der Waals surface area contributed by atoms with Crippen molar-refractivity contribution in [2.24, 2.45) is 5.92 Å². The van der Waals surface area contributed by atoms with Gasteiger partial charge in [0.15, 0.2) is 0 Å². The second-order valence-electron chi connectivity index (χ2n) is 5.65. The molecule has 2 rings (SSSR count). The Balaban J connectivity index is 1.95. The summed E-state index contributed by atoms with van der Waals surface area (Å²) in [6.07, 6.45) is 4.66. The van der Waals surface area contributed by atoms with E-state index in [1.807, 2.05) is 6.26 Å². The van der Waals surface area contributed by atoms with E-state index in [-0.39, 0.29) is 30.5 Å². The summed E-state index contributed by atoms with van der Waals surface area (Å²) in [6, 6.07) is 5.95. The molecule has 0 bridgehead atoms. The van der Waals surface area contributed by atoms with Crippen molar-refractivity contribution in [3.05, 3.63) is 35.6 Å². The van der Waals surface area contributed by atoms with Crippen molar-refractivity contribution in [1.29, 1.82) is 0 Å². The van der Waals surface area contributed by atoms with Crippen LogP contribution in [0.25, 0.3) is 0 Å². The molecule has 122 valence electrons. The third-order valence-corrected chi connectivity index (χ3v) is 4.53. The Hall–Kier alpha value is -1.27. The monoisotopic (exact) mass is 326 g/mol. The smallest absolute Gasteiger partial charge is 0.315 e. The summed E-state index contributed by atoms with van der Waals surface area (Å²) in [5, 5.41) is 15.0. The van der Waals surface area contributed by atoms with Crippen LogP contribution in [0.15, 0.2) is 24.3 Å². The van der Waals surface area contributed by atoms with E-state index < -0.39 is 0 Å². The predicted molar refractivity (Wildman–Crippen MR) is 87.4 cm³/mol. The number of halogens is 1. The van der Waals surface area contributed by atoms with Crippen molar-refractivity contribution in [1.82, 2.24) is 10.6 Å². The first kappa shape index (κ1) is 17.1. The van der Waals surface area contributed by atoms with Gasteiger partial charge in [0.2, 0.25) is 0 Å². The summed E-state index contributed by atoms with van der Waals surface area (Å²) >= 11 is 1.63. The molecule has 1 aromatic rings. The Morgan fingerprint density at radius 3 is 2.59 bits per heavy atom. The highest BCUT2D eigenvalue weighted by Gasteiger charge is 2.33. The molecular weight excluding hydrogens is 303 g/mol. The van der Waals surface area contributed by atoms with Crippen LogP contribution in [0.4, 0.5) is 9.18 Å². The van der Waals surface area contributed by atoms with E-state index in [4.69, 9.17) is 5.11 Å². The molecule has 2 atom stereocenters. The van der Waals surface area contributed by atoms with Gasteiger partial charge in [0.25, 0.3) is 0 Å². The van der Waals surface area contributed by atoms with Crippen molar-refractivity contribution >= 4 is 17.8 Å². The summed E-state index contributed by atoms with van der Waals surface area (Å²) < 4.78 is 13.0. The summed E-state index contributed by atoms with van der Waals surface area (Å²) in [7, 11) is 0. The van der Waals surface area contributed by atoms with Crippen LogP contribution in [0, 0.1) is 11.7 Å². The van der Waals surface area contributed by atoms with E-state index in [1.54, 1.807) is 23.9 Å². The fourth-order valence-corrected chi connectivity index (χ4v) is 3.15. The van der Waals surface area contributed by atoms with Gasteiger partial charge in [-0.15, -0.1) is 0 Å². The number of carbonyl (C=O) groups excluding carboxylic acids is 1. The molecule has 0 heterocycles. The lowest BCUT2D eigenvalue weighted by Gasteiger charge is -2.22. The Labute approximate surface area is 134 Å². The van der Waals surface area contributed by atoms with Gasteiger partial charge in [-0.1, -0.05) is 12.1 Å². The van der Waals surface area contributed by atoms with Crippen LogP contribution in [0.1, 0.15) is 30.9 Å². The number of thioether (sulfide) groups is 1. The molecule has 0 aliphatic heterocycles. The van der Waals surface area contributed by atoms with Crippen LogP contribution in [0.3, 0.4) is 0 Å². The normalized spacial score (nSPS) is 16.9. The summed E-state index contributed by atoms with van der Waals surface area (Å²) in [4.78, 5) is 12.2. The fourth-order valence-electron chi connectivity index (χ4n) is 2.50. The SMILES string of the molecule is CSCC(CCO)NC(=O)NC(c1ccc(F)cc1)C1CC1. The summed E-state index contributed by atoms with van der Waals surface area (Å²) in [5.74, 6) is 0.914. The zero-order valence-corrected chi connectivity index (χ0v) is 13.5. The van der Waals surface area contributed by atoms with Crippen molar-refractivity contribution in [3.8, 4) is 0 Å². The number of hydrogen-bond donors (Lipinski definition) is 3. The van der Waals surface area contributed by atoms with Crippen molar-refractivity contribution in [2.45, 2.75) is 31.3 Å². The highest BCUT2D eigenvalue weighted by Crippen LogP contribution is 2.40. The van der Waals surface area contributed by atoms with Gasteiger partial charge in [0, 0.05) is 18.4 Å². The lowest BCUT2D eigenvalue weighted by molar-refractivity contribution is 0.226. The van der Waals surface area contributed by atoms with Gasteiger partial charge in [-0.05, 0) is 49.1 Å². The standard InChI is InChI=1S/C16H23FN2O2S/c1-22-10-14(8-9-20)18-16(21)19-15(11-2-3-11)12-4-6-13(17)7-5-12/h4-7,11,14-15,20H,2-3,8-10H2,1H3,(H2,18,19,21). The lowest BCUT2D eigenvalue weighted by Crippen LogP contribution is -2.45. The van der Waals surface area contributed by atoms with Gasteiger partial charge in [-0.25, -0.2) is 9.18 Å². The van der Waals surface area contributed by atoms with Crippen molar-refractivity contribution in [2.75, 3.05) is 18.6 Å². The molecule has 0 saturated heterocycles. The second kappa shape index (κ2) is 8.39. The predicted octanol–water partition coefficient (Wildman–Crippen LogP) is 2.69. The number of hydrogen-bond acceptors (Lipinski definition) is 3. The molecule has 1 aliphatic carbocycles. The minimum atomic E-state index is -0.272. The third-order valence-electron chi connectivity index (χ3n) is 3.79. The fraction of sp³-hybridized carbons (Fsp3) is 0.562. The highest BCUT2D eigenvalue weighted by molar-refractivity contribution is 7.98. The minimum absolute atomic E-state index is 0.0481. The van der Waals surface area contributed by atoms with Crippen LogP contribution < -0.4 is 10.6 Å². The summed E-state index contributed by atoms with van der Waals surface area (Å²) in [5.41, 5.74) is 0.933. The maximum Gasteiger partial charge on any atom is 0.315 e. The van der Waals surface area contributed by atoms with E-state index in [0.717, 1.165) is 24.2 Å². The van der Waals surface area contributed by atoms with Gasteiger partial charge < -0.3 is 15.7 Å². The number of nitrogens with one attached hydrogen (secondary N) is 2. The minimum Gasteiger partial charge on any atom is -0.396 e. The molecule has 1 aromatic carbocycles. The molecule has 3 N–H and O–H groups in total. The molecular formula is C16H23FN2O2S. The average molecular weight is 326 g/mol. The lowest BCUT2D eigenvalue weighted by atomic mass is 10.0. The number of aliphatic hydroxyl groups excluding tert-OH is 1. The number of amides is 2. The van der Waals surface area contributed by atoms with Gasteiger partial charge in [0.05, 0.1) is 6.04 Å². The Bertz CT molecular complexity index is 474. The summed E-state index contributed by atoms with van der Waals surface area (Å²) in [6.45, 7) is 0.0511. The third kappa shape index (κ3) is 5.18. The molecule has 1 aliphatic rings. The largest absolute Gasteiger partial charge is 0.396 e. The Morgan fingerprint density at radius 1 is 1.36 bits per heavy atom. The van der Waals surface area contributed by atoms with E-state index in [9.17, 15) is 9.18 Å². The van der Waals surface area contributed by atoms with E-state index in [2.05, 4.69) is 10.6 Å². The molecule has 1 saturated carbocycles. The van der Waals surface area contributed by atoms with Crippen LogP contribution in [0.2, 0.25) is 0 Å². The van der Waals surface area contributed by atoms with Gasteiger partial charge in [0.1, 0.15) is 5.82 Å². The van der Waals surface area contributed by atoms with Gasteiger partial charge in [-0.3, -0.25) is 0 Å². The second-order valence-corrected chi connectivity index (χ2v) is 6.56. The molecule has 0 aromatic heterocycles. The molecule has 0 radical (unpaired) electrons. The zero-order valence-electron chi connectivity index (χ0n) is 12.7. The number of carbonyl (C=O) groups is 1. The number of urea groups is 1. The first-order chi connectivity index (χ1) is 10.6. The van der Waals surface area contributed by atoms with Gasteiger partial charge in [-0.2, -0.15) is 11.8 Å². The zero-order chi connectivity index (χ0) is 15.9. The topological polar surface area (TPSA) is 61.4 Å². The quantitative estimate of drug-likeness (QED) is 0.688. The Morgan fingerprint density at radius 2 is 2.05 bits per heavy atom. The van der Waals surface area contributed by atoms with Crippen LogP contribution in [0.5, 0.6) is 0 Å². The van der Waals surface area contributed by atoms with E-state index in [1.165, 1.54) is 12.1 Å². The molecule has 2 amide bonds. The van der Waals surface area contributed by atoms with E-state index >= 15 is 0 Å². The molecule has 22 heavy (non-hydrogen) atoms. The van der Waals surface area contributed by atoms with E-state index in [0.29, 0.717) is 12.3 Å². The maximum atomic E-state index is 13.0. The molecule has 1 fully saturated rings. The first-order valence-electron chi connectivity index (χ1n) is 7.56. The van der Waals surface area contributed by atoms with Crippen LogP contribution in [-0.4, -0.2) is 35.8 Å². The number of rotatable bonds is 8. The number of benzene rings is 1. The Kier molecular flexibility index (Phi) is 6.51. The van der Waals surface area contributed by atoms with Crippen LogP contribution in [-0.2, 0) is 0 Å². The molecule has 0 spiro atoms. The first-order valence-corrected chi connectivity index (χ1v) is 8.95. The van der Waals surface area contributed by atoms with Crippen molar-refractivity contribution in [3.63, 3.8) is 0 Å². The molecule has 4 nitrogen and oxygen atoms in total.